The summed E-state index contributed by atoms with van der Waals surface area (Å²) in [6, 6.07) is 0. The molecule has 0 aliphatic heterocycles. The number of rotatable bonds is 3. The number of nitrogens with zero attached hydrogens (tertiary/aromatic N) is 2. The van der Waals surface area contributed by atoms with Gasteiger partial charge < -0.3 is 10.5 Å². The second-order valence-corrected chi connectivity index (χ2v) is 3.33. The summed E-state index contributed by atoms with van der Waals surface area (Å²) in [6.45, 7) is 0.467. The van der Waals surface area contributed by atoms with E-state index in [1.54, 1.807) is 0 Å². The van der Waals surface area contributed by atoms with Gasteiger partial charge in [-0.25, -0.2) is 14.8 Å². The van der Waals surface area contributed by atoms with Crippen LogP contribution in [0.25, 0.3) is 0 Å². The first kappa shape index (κ1) is 8.93. The second-order valence-electron chi connectivity index (χ2n) is 3.33. The van der Waals surface area contributed by atoms with Crippen LogP contribution in [0, 0.1) is 5.92 Å². The topological polar surface area (TPSA) is 78.1 Å². The average Bonchev–Trinajstić information content (AvgIpc) is 2.98. The first-order valence-electron chi connectivity index (χ1n) is 4.51. The minimum atomic E-state index is -0.484. The molecule has 0 bridgehead atoms. The van der Waals surface area contributed by atoms with Crippen molar-refractivity contribution in [2.24, 2.45) is 5.92 Å². The number of ether oxygens (including phenoxy) is 1. The molecular formula is C9H11N3O2. The number of nitrogen functional groups attached to an aromatic ring is 1. The molecule has 0 spiro atoms. The van der Waals surface area contributed by atoms with Gasteiger partial charge in [0, 0.05) is 12.4 Å². The van der Waals surface area contributed by atoms with Crippen LogP contribution in [0.1, 0.15) is 23.3 Å². The van der Waals surface area contributed by atoms with Crippen LogP contribution in [0.5, 0.6) is 0 Å². The van der Waals surface area contributed by atoms with Crippen molar-refractivity contribution >= 4 is 11.8 Å². The van der Waals surface area contributed by atoms with Crippen molar-refractivity contribution in [3.05, 3.63) is 18.1 Å². The van der Waals surface area contributed by atoms with Crippen LogP contribution >= 0.6 is 0 Å². The lowest BCUT2D eigenvalue weighted by Crippen LogP contribution is -2.12. The van der Waals surface area contributed by atoms with Gasteiger partial charge in [0.1, 0.15) is 0 Å². The van der Waals surface area contributed by atoms with Gasteiger partial charge in [-0.3, -0.25) is 0 Å². The fourth-order valence-electron chi connectivity index (χ4n) is 1.05. The number of hydrogen-bond acceptors (Lipinski definition) is 5. The van der Waals surface area contributed by atoms with Gasteiger partial charge in [-0.2, -0.15) is 0 Å². The number of nitrogens with two attached hydrogens (primary N) is 1. The monoisotopic (exact) mass is 193 g/mol. The quantitative estimate of drug-likeness (QED) is 0.712. The number of anilines is 1. The molecule has 0 atom stereocenters. The summed E-state index contributed by atoms with van der Waals surface area (Å²) in [5.41, 5.74) is 5.57. The highest BCUT2D eigenvalue weighted by Gasteiger charge is 2.24. The van der Waals surface area contributed by atoms with Gasteiger partial charge in [-0.15, -0.1) is 0 Å². The predicted molar refractivity (Wildman–Crippen MR) is 49.5 cm³/mol. The van der Waals surface area contributed by atoms with Crippen LogP contribution in [-0.4, -0.2) is 22.5 Å². The highest BCUT2D eigenvalue weighted by atomic mass is 16.5. The van der Waals surface area contributed by atoms with Gasteiger partial charge >= 0.3 is 5.97 Å². The Bertz CT molecular complexity index is 350. The fraction of sp³-hybridized carbons (Fsp3) is 0.444. The Labute approximate surface area is 81.3 Å². The third kappa shape index (κ3) is 1.99. The molecule has 1 aliphatic rings. The van der Waals surface area contributed by atoms with E-state index in [-0.39, 0.29) is 11.5 Å². The Balaban J connectivity index is 1.98. The normalized spacial score (nSPS) is 15.1. The van der Waals surface area contributed by atoms with Gasteiger partial charge in [0.2, 0.25) is 0 Å². The number of hydrogen-bond donors (Lipinski definition) is 1. The maximum atomic E-state index is 11.4. The van der Waals surface area contributed by atoms with Gasteiger partial charge in [0.05, 0.1) is 6.61 Å². The standard InChI is InChI=1S/C9H11N3O2/c10-8-7(11-3-4-12-8)9(13)14-5-6-1-2-6/h3-4,6H,1-2,5H2,(H2,10,12). The summed E-state index contributed by atoms with van der Waals surface area (Å²) in [5, 5.41) is 0. The van der Waals surface area contributed by atoms with E-state index in [2.05, 4.69) is 9.97 Å². The van der Waals surface area contributed by atoms with Crippen LogP contribution in [0.4, 0.5) is 5.82 Å². The first-order valence-corrected chi connectivity index (χ1v) is 4.51. The molecule has 1 aromatic heterocycles. The number of carbonyl (C=O) groups is 1. The highest BCUT2D eigenvalue weighted by Crippen LogP contribution is 2.29. The summed E-state index contributed by atoms with van der Waals surface area (Å²) < 4.78 is 5.01. The summed E-state index contributed by atoms with van der Waals surface area (Å²) in [5.74, 6) is 0.174. The lowest BCUT2D eigenvalue weighted by atomic mass is 10.4. The van der Waals surface area contributed by atoms with Crippen molar-refractivity contribution in [1.29, 1.82) is 0 Å². The Hall–Kier alpha value is -1.65. The smallest absolute Gasteiger partial charge is 0.360 e. The van der Waals surface area contributed by atoms with E-state index in [0.717, 1.165) is 12.8 Å². The van der Waals surface area contributed by atoms with Crippen LogP contribution in [-0.2, 0) is 4.74 Å². The van der Waals surface area contributed by atoms with Crippen LogP contribution in [0.3, 0.4) is 0 Å². The number of aromatic nitrogens is 2. The maximum Gasteiger partial charge on any atom is 0.360 e. The molecule has 1 aromatic rings. The molecule has 1 fully saturated rings. The van der Waals surface area contributed by atoms with E-state index < -0.39 is 5.97 Å². The lowest BCUT2D eigenvalue weighted by Gasteiger charge is -2.03. The van der Waals surface area contributed by atoms with Crippen molar-refractivity contribution in [1.82, 2.24) is 9.97 Å². The largest absolute Gasteiger partial charge is 0.461 e. The summed E-state index contributed by atoms with van der Waals surface area (Å²) in [4.78, 5) is 19.0. The van der Waals surface area contributed by atoms with Crippen molar-refractivity contribution in [2.75, 3.05) is 12.3 Å². The van der Waals surface area contributed by atoms with E-state index in [4.69, 9.17) is 10.5 Å². The molecule has 14 heavy (non-hydrogen) atoms. The van der Waals surface area contributed by atoms with Crippen LogP contribution < -0.4 is 5.73 Å². The Kier molecular flexibility index (Phi) is 2.30. The van der Waals surface area contributed by atoms with Crippen molar-refractivity contribution in [3.8, 4) is 0 Å². The molecule has 0 saturated heterocycles. The molecule has 0 radical (unpaired) electrons. The molecule has 0 amide bonds. The summed E-state index contributed by atoms with van der Waals surface area (Å²) in [7, 11) is 0. The summed E-state index contributed by atoms with van der Waals surface area (Å²) in [6.07, 6.45) is 5.14. The average molecular weight is 193 g/mol. The van der Waals surface area contributed by atoms with Gasteiger partial charge in [0.15, 0.2) is 11.5 Å². The van der Waals surface area contributed by atoms with Crippen LogP contribution in [0.2, 0.25) is 0 Å². The third-order valence-electron chi connectivity index (χ3n) is 2.07. The highest BCUT2D eigenvalue weighted by molar-refractivity contribution is 5.91. The molecule has 2 N–H and O–H groups in total. The van der Waals surface area contributed by atoms with E-state index in [9.17, 15) is 4.79 Å². The molecule has 0 unspecified atom stereocenters. The van der Waals surface area contributed by atoms with E-state index in [0.29, 0.717) is 12.5 Å². The molecule has 1 heterocycles. The van der Waals surface area contributed by atoms with Crippen molar-refractivity contribution in [2.45, 2.75) is 12.8 Å². The maximum absolute atomic E-state index is 11.4. The number of carbonyl (C=O) groups excluding carboxylic acids is 1. The SMILES string of the molecule is Nc1nccnc1C(=O)OCC1CC1. The zero-order chi connectivity index (χ0) is 9.97. The molecule has 2 rings (SSSR count). The number of esters is 1. The van der Waals surface area contributed by atoms with E-state index in [1.807, 2.05) is 0 Å². The second kappa shape index (κ2) is 3.61. The fourth-order valence-corrected chi connectivity index (χ4v) is 1.05. The van der Waals surface area contributed by atoms with Gasteiger partial charge in [-0.05, 0) is 18.8 Å². The molecule has 1 aliphatic carbocycles. The van der Waals surface area contributed by atoms with Gasteiger partial charge in [-0.1, -0.05) is 0 Å². The Morgan fingerprint density at radius 2 is 2.21 bits per heavy atom. The Morgan fingerprint density at radius 1 is 1.50 bits per heavy atom. The molecule has 0 aromatic carbocycles. The molecule has 5 heteroatoms. The molecule has 1 saturated carbocycles. The first-order chi connectivity index (χ1) is 6.77. The van der Waals surface area contributed by atoms with Gasteiger partial charge in [0.25, 0.3) is 0 Å². The Morgan fingerprint density at radius 3 is 2.86 bits per heavy atom. The molecular weight excluding hydrogens is 182 g/mol. The minimum Gasteiger partial charge on any atom is -0.461 e. The zero-order valence-corrected chi connectivity index (χ0v) is 7.64. The predicted octanol–water partition coefficient (Wildman–Crippen LogP) is 0.626. The van der Waals surface area contributed by atoms with Crippen LogP contribution in [0.15, 0.2) is 12.4 Å². The molecule has 74 valence electrons. The minimum absolute atomic E-state index is 0.105. The zero-order valence-electron chi connectivity index (χ0n) is 7.64. The third-order valence-corrected chi connectivity index (χ3v) is 2.07. The lowest BCUT2D eigenvalue weighted by molar-refractivity contribution is 0.0480. The van der Waals surface area contributed by atoms with Crippen molar-refractivity contribution < 1.29 is 9.53 Å². The van der Waals surface area contributed by atoms with E-state index >= 15 is 0 Å². The molecule has 5 nitrogen and oxygen atoms in total. The van der Waals surface area contributed by atoms with Crippen molar-refractivity contribution in [3.63, 3.8) is 0 Å². The van der Waals surface area contributed by atoms with E-state index in [1.165, 1.54) is 12.4 Å². The summed E-state index contributed by atoms with van der Waals surface area (Å²) >= 11 is 0.